The van der Waals surface area contributed by atoms with Crippen molar-refractivity contribution in [1.82, 2.24) is 20.1 Å². The van der Waals surface area contributed by atoms with E-state index in [1.165, 1.54) is 0 Å². The van der Waals surface area contributed by atoms with Crippen LogP contribution in [0.4, 0.5) is 4.79 Å². The summed E-state index contributed by atoms with van der Waals surface area (Å²) in [7, 11) is 1.56. The summed E-state index contributed by atoms with van der Waals surface area (Å²) in [6.45, 7) is 4.89. The standard InChI is InChI=1S/C26H34N4O5/c1-4-12-27-24(32)22-18(15-31)20-14-29-19(23(22)30(20)26(34)28-13-5-2)11-10-17(25(29)33)16-8-6-7-9-21(16)35-3/h6-11,18,20,22-23,31H,4-5,12-15H2,1-3H3,(H,27,32)(H,28,34)/t18-,20-,22+,23+/m1/s1. The van der Waals surface area contributed by atoms with Gasteiger partial charge in [-0.3, -0.25) is 9.59 Å². The van der Waals surface area contributed by atoms with Gasteiger partial charge >= 0.3 is 6.03 Å². The molecule has 0 unspecified atom stereocenters. The molecule has 9 nitrogen and oxygen atoms in total. The van der Waals surface area contributed by atoms with E-state index in [0.29, 0.717) is 35.7 Å². The zero-order valence-corrected chi connectivity index (χ0v) is 20.5. The summed E-state index contributed by atoms with van der Waals surface area (Å²) in [6.07, 6.45) is 1.55. The minimum Gasteiger partial charge on any atom is -0.496 e. The fourth-order valence-corrected chi connectivity index (χ4v) is 5.45. The fourth-order valence-electron chi connectivity index (χ4n) is 5.45. The second-order valence-electron chi connectivity index (χ2n) is 9.10. The first-order valence-electron chi connectivity index (χ1n) is 12.3. The second-order valence-corrected chi connectivity index (χ2v) is 9.10. The number of fused-ring (bicyclic) bond motifs is 4. The minimum absolute atomic E-state index is 0.204. The first kappa shape index (κ1) is 24.8. The number of aliphatic hydroxyl groups excluding tert-OH is 1. The Morgan fingerprint density at radius 1 is 1.06 bits per heavy atom. The van der Waals surface area contributed by atoms with Crippen LogP contribution in [0.15, 0.2) is 41.2 Å². The Balaban J connectivity index is 1.84. The van der Waals surface area contributed by atoms with Gasteiger partial charge < -0.3 is 29.9 Å². The molecule has 0 radical (unpaired) electrons. The van der Waals surface area contributed by atoms with Gasteiger partial charge in [0.05, 0.1) is 30.7 Å². The number of aliphatic hydroxyl groups is 1. The molecule has 2 aliphatic rings. The molecule has 0 aliphatic carbocycles. The SMILES string of the molecule is CCCNC(=O)[C@H]1[C@H](CO)[C@H]2Cn3c(ccc(-c4ccccc4OC)c3=O)[C@@H]1N2C(=O)NCCC. The number of urea groups is 1. The molecule has 4 rings (SSSR count). The highest BCUT2D eigenvalue weighted by Gasteiger charge is 2.57. The van der Waals surface area contributed by atoms with Crippen LogP contribution in [0.5, 0.6) is 5.75 Å². The van der Waals surface area contributed by atoms with Crippen LogP contribution < -0.4 is 20.9 Å². The van der Waals surface area contributed by atoms with Crippen LogP contribution in [0.25, 0.3) is 11.1 Å². The Morgan fingerprint density at radius 2 is 1.77 bits per heavy atom. The molecule has 3 heterocycles. The van der Waals surface area contributed by atoms with Crippen molar-refractivity contribution in [3.8, 4) is 16.9 Å². The Morgan fingerprint density at radius 3 is 2.46 bits per heavy atom. The average Bonchev–Trinajstić information content (AvgIpc) is 3.12. The molecule has 0 spiro atoms. The van der Waals surface area contributed by atoms with Crippen molar-refractivity contribution in [1.29, 1.82) is 0 Å². The third-order valence-electron chi connectivity index (χ3n) is 7.05. The van der Waals surface area contributed by atoms with E-state index in [0.717, 1.165) is 12.8 Å². The van der Waals surface area contributed by atoms with E-state index < -0.39 is 23.9 Å². The highest BCUT2D eigenvalue weighted by molar-refractivity contribution is 5.84. The van der Waals surface area contributed by atoms with E-state index in [4.69, 9.17) is 4.74 Å². The number of carbonyl (C=O) groups excluding carboxylic acids is 2. The summed E-state index contributed by atoms with van der Waals surface area (Å²) in [5, 5.41) is 16.2. The normalized spacial score (nSPS) is 22.5. The zero-order chi connectivity index (χ0) is 25.1. The van der Waals surface area contributed by atoms with Crippen LogP contribution >= 0.6 is 0 Å². The Bertz CT molecular complexity index is 1150. The summed E-state index contributed by atoms with van der Waals surface area (Å²) in [4.78, 5) is 41.9. The molecule has 1 aromatic carbocycles. The number of rotatable bonds is 8. The van der Waals surface area contributed by atoms with Crippen molar-refractivity contribution in [2.75, 3.05) is 26.8 Å². The summed E-state index contributed by atoms with van der Waals surface area (Å²) >= 11 is 0. The van der Waals surface area contributed by atoms with Crippen LogP contribution in [0.3, 0.4) is 0 Å². The van der Waals surface area contributed by atoms with E-state index in [2.05, 4.69) is 10.6 Å². The van der Waals surface area contributed by atoms with E-state index >= 15 is 0 Å². The number of nitrogens with one attached hydrogen (secondary N) is 2. The molecule has 1 aromatic heterocycles. The number of aromatic nitrogens is 1. The maximum absolute atomic E-state index is 13.7. The first-order valence-corrected chi connectivity index (χ1v) is 12.3. The van der Waals surface area contributed by atoms with Gasteiger partial charge in [0.1, 0.15) is 5.75 Å². The molecule has 2 aliphatic heterocycles. The summed E-state index contributed by atoms with van der Waals surface area (Å²) in [5.74, 6) is -0.761. The first-order chi connectivity index (χ1) is 17.0. The largest absolute Gasteiger partial charge is 0.496 e. The molecule has 188 valence electrons. The minimum atomic E-state index is -0.658. The molecule has 0 saturated carbocycles. The number of ether oxygens (including phenoxy) is 1. The molecular weight excluding hydrogens is 448 g/mol. The predicted molar refractivity (Wildman–Crippen MR) is 132 cm³/mol. The Kier molecular flexibility index (Phi) is 7.45. The van der Waals surface area contributed by atoms with Gasteiger partial charge in [-0.05, 0) is 31.0 Å². The van der Waals surface area contributed by atoms with Crippen molar-refractivity contribution in [3.05, 3.63) is 52.4 Å². The maximum atomic E-state index is 13.7. The maximum Gasteiger partial charge on any atom is 0.318 e. The van der Waals surface area contributed by atoms with Crippen molar-refractivity contribution in [2.45, 2.75) is 45.3 Å². The van der Waals surface area contributed by atoms with Gasteiger partial charge in [0.15, 0.2) is 0 Å². The van der Waals surface area contributed by atoms with Crippen molar-refractivity contribution in [3.63, 3.8) is 0 Å². The van der Waals surface area contributed by atoms with Gasteiger partial charge in [0.2, 0.25) is 5.91 Å². The van der Waals surface area contributed by atoms with Crippen molar-refractivity contribution < 1.29 is 19.4 Å². The summed E-state index contributed by atoms with van der Waals surface area (Å²) in [5.41, 5.74) is 1.56. The lowest BCUT2D eigenvalue weighted by atomic mass is 9.86. The van der Waals surface area contributed by atoms with Gasteiger partial charge in [0.25, 0.3) is 5.56 Å². The molecular formula is C26H34N4O5. The van der Waals surface area contributed by atoms with Crippen molar-refractivity contribution in [2.24, 2.45) is 11.8 Å². The van der Waals surface area contributed by atoms with E-state index in [1.54, 1.807) is 28.7 Å². The fraction of sp³-hybridized carbons (Fsp3) is 0.500. The number of hydrogen-bond acceptors (Lipinski definition) is 5. The molecule has 3 amide bonds. The lowest BCUT2D eigenvalue weighted by molar-refractivity contribution is -0.127. The summed E-state index contributed by atoms with van der Waals surface area (Å²) in [6, 6.07) is 9.47. The second kappa shape index (κ2) is 10.5. The average molecular weight is 483 g/mol. The van der Waals surface area contributed by atoms with Gasteiger partial charge in [0, 0.05) is 43.4 Å². The summed E-state index contributed by atoms with van der Waals surface area (Å²) < 4.78 is 7.13. The number of benzene rings is 1. The van der Waals surface area contributed by atoms with Crippen LogP contribution in [-0.2, 0) is 11.3 Å². The van der Waals surface area contributed by atoms with E-state index in [9.17, 15) is 19.5 Å². The quantitative estimate of drug-likeness (QED) is 0.534. The number of carbonyl (C=O) groups is 2. The number of amides is 3. The Hall–Kier alpha value is -3.33. The molecule has 1 fully saturated rings. The molecule has 2 aromatic rings. The van der Waals surface area contributed by atoms with Crippen LogP contribution in [0, 0.1) is 11.8 Å². The molecule has 4 atom stereocenters. The van der Waals surface area contributed by atoms with Gasteiger partial charge in [-0.1, -0.05) is 32.0 Å². The van der Waals surface area contributed by atoms with Gasteiger partial charge in [-0.25, -0.2) is 4.79 Å². The van der Waals surface area contributed by atoms with Crippen LogP contribution in [0.1, 0.15) is 38.4 Å². The number of para-hydroxylation sites is 1. The Labute approximate surface area is 205 Å². The third-order valence-corrected chi connectivity index (χ3v) is 7.05. The van der Waals surface area contributed by atoms with Gasteiger partial charge in [-0.2, -0.15) is 0 Å². The van der Waals surface area contributed by atoms with E-state index in [1.807, 2.05) is 38.1 Å². The van der Waals surface area contributed by atoms with E-state index in [-0.39, 0.29) is 30.6 Å². The smallest absolute Gasteiger partial charge is 0.318 e. The number of hydrogen-bond donors (Lipinski definition) is 3. The third kappa shape index (κ3) is 4.29. The van der Waals surface area contributed by atoms with Crippen LogP contribution in [-0.4, -0.2) is 59.4 Å². The molecule has 9 heteroatoms. The highest BCUT2D eigenvalue weighted by atomic mass is 16.5. The lowest BCUT2D eigenvalue weighted by Gasteiger charge is -2.38. The van der Waals surface area contributed by atoms with Crippen LogP contribution in [0.2, 0.25) is 0 Å². The van der Waals surface area contributed by atoms with Crippen molar-refractivity contribution >= 4 is 11.9 Å². The molecule has 3 N–H and O–H groups in total. The number of methoxy groups -OCH3 is 1. The topological polar surface area (TPSA) is 113 Å². The molecule has 35 heavy (non-hydrogen) atoms. The lowest BCUT2D eigenvalue weighted by Crippen LogP contribution is -2.52. The molecule has 1 saturated heterocycles. The molecule has 2 bridgehead atoms. The zero-order valence-electron chi connectivity index (χ0n) is 20.5. The predicted octanol–water partition coefficient (Wildman–Crippen LogP) is 2.13. The number of nitrogens with zero attached hydrogens (tertiary/aromatic N) is 2. The monoisotopic (exact) mass is 482 g/mol. The number of pyridine rings is 1. The van der Waals surface area contributed by atoms with Gasteiger partial charge in [-0.15, -0.1) is 0 Å². The highest BCUT2D eigenvalue weighted by Crippen LogP contribution is 2.48.